The molecule has 0 aliphatic carbocycles. The van der Waals surface area contributed by atoms with Crippen LogP contribution in [0.5, 0.6) is 0 Å². The van der Waals surface area contributed by atoms with Gasteiger partial charge < -0.3 is 11.1 Å². The number of amides is 1. The van der Waals surface area contributed by atoms with Crippen molar-refractivity contribution >= 4 is 15.9 Å². The van der Waals surface area contributed by atoms with Crippen molar-refractivity contribution in [2.75, 3.05) is 19.6 Å². The van der Waals surface area contributed by atoms with Crippen LogP contribution in [0, 0.1) is 18.8 Å². The number of rotatable bonds is 5. The second-order valence-electron chi connectivity index (χ2n) is 4.39. The first-order valence-corrected chi connectivity index (χ1v) is 7.89. The van der Waals surface area contributed by atoms with Crippen molar-refractivity contribution in [3.8, 4) is 11.8 Å². The Morgan fingerprint density at radius 3 is 2.67 bits per heavy atom. The number of nitrogens with one attached hydrogen (secondary N) is 2. The Kier molecular flexibility index (Phi) is 6.37. The minimum Gasteiger partial charge on any atom is -0.355 e. The van der Waals surface area contributed by atoms with Gasteiger partial charge in [-0.1, -0.05) is 17.9 Å². The highest BCUT2D eigenvalue weighted by molar-refractivity contribution is 7.89. The minimum absolute atomic E-state index is 0.108. The zero-order valence-electron chi connectivity index (χ0n) is 12.1. The van der Waals surface area contributed by atoms with E-state index in [4.69, 9.17) is 5.73 Å². The fourth-order valence-corrected chi connectivity index (χ4v) is 2.80. The van der Waals surface area contributed by atoms with Gasteiger partial charge in [0.25, 0.3) is 0 Å². The Labute approximate surface area is 125 Å². The SMILES string of the molecule is CC(=O)NCCNS(=O)(=O)c1ccc(C)cc1C#CCN. The maximum absolute atomic E-state index is 12.2. The van der Waals surface area contributed by atoms with Crippen molar-refractivity contribution in [2.45, 2.75) is 18.7 Å². The molecule has 21 heavy (non-hydrogen) atoms. The van der Waals surface area contributed by atoms with Gasteiger partial charge in [0.2, 0.25) is 15.9 Å². The van der Waals surface area contributed by atoms with Gasteiger partial charge in [-0.25, -0.2) is 13.1 Å². The molecule has 0 aliphatic heterocycles. The van der Waals surface area contributed by atoms with Crippen LogP contribution in [0.25, 0.3) is 0 Å². The van der Waals surface area contributed by atoms with Gasteiger partial charge in [-0.05, 0) is 24.6 Å². The van der Waals surface area contributed by atoms with Crippen molar-refractivity contribution in [2.24, 2.45) is 5.73 Å². The van der Waals surface area contributed by atoms with E-state index < -0.39 is 10.0 Å². The third-order valence-electron chi connectivity index (χ3n) is 2.54. The van der Waals surface area contributed by atoms with E-state index in [1.54, 1.807) is 12.1 Å². The lowest BCUT2D eigenvalue weighted by atomic mass is 10.1. The number of carbonyl (C=O) groups excluding carboxylic acids is 1. The van der Waals surface area contributed by atoms with Crippen LogP contribution in [-0.4, -0.2) is 34.0 Å². The molecule has 1 aromatic carbocycles. The molecule has 0 saturated heterocycles. The summed E-state index contributed by atoms with van der Waals surface area (Å²) in [4.78, 5) is 10.8. The molecule has 0 fully saturated rings. The standard InChI is InChI=1S/C14H19N3O3S/c1-11-5-6-14(13(10-11)4-3-7-15)21(19,20)17-9-8-16-12(2)18/h5-6,10,17H,7-9,15H2,1-2H3,(H,16,18). The molecule has 7 heteroatoms. The van der Waals surface area contributed by atoms with Crippen molar-refractivity contribution in [1.82, 2.24) is 10.0 Å². The van der Waals surface area contributed by atoms with E-state index in [1.165, 1.54) is 13.0 Å². The second-order valence-corrected chi connectivity index (χ2v) is 6.12. The molecule has 1 rings (SSSR count). The predicted molar refractivity (Wildman–Crippen MR) is 81.0 cm³/mol. The van der Waals surface area contributed by atoms with E-state index in [2.05, 4.69) is 21.9 Å². The third-order valence-corrected chi connectivity index (χ3v) is 4.06. The number of hydrogen-bond acceptors (Lipinski definition) is 4. The summed E-state index contributed by atoms with van der Waals surface area (Å²) >= 11 is 0. The molecule has 0 unspecified atom stereocenters. The van der Waals surface area contributed by atoms with Crippen molar-refractivity contribution in [3.05, 3.63) is 29.3 Å². The van der Waals surface area contributed by atoms with Gasteiger partial charge in [-0.15, -0.1) is 0 Å². The molecule has 0 aliphatic rings. The molecule has 0 saturated carbocycles. The summed E-state index contributed by atoms with van der Waals surface area (Å²) in [7, 11) is -3.68. The number of aryl methyl sites for hydroxylation is 1. The molecule has 114 valence electrons. The van der Waals surface area contributed by atoms with Gasteiger partial charge in [-0.2, -0.15) is 0 Å². The molecule has 0 spiro atoms. The minimum atomic E-state index is -3.68. The van der Waals surface area contributed by atoms with Crippen LogP contribution in [-0.2, 0) is 14.8 Å². The summed E-state index contributed by atoms with van der Waals surface area (Å²) in [5.74, 6) is 5.21. The summed E-state index contributed by atoms with van der Waals surface area (Å²) in [5, 5.41) is 2.52. The number of carbonyl (C=O) groups is 1. The predicted octanol–water partition coefficient (Wildman–Crippen LogP) is -0.280. The van der Waals surface area contributed by atoms with Gasteiger partial charge >= 0.3 is 0 Å². The Morgan fingerprint density at radius 2 is 2.05 bits per heavy atom. The molecule has 6 nitrogen and oxygen atoms in total. The zero-order valence-corrected chi connectivity index (χ0v) is 12.9. The second kappa shape index (κ2) is 7.78. The highest BCUT2D eigenvalue weighted by Crippen LogP contribution is 2.16. The largest absolute Gasteiger partial charge is 0.355 e. The smallest absolute Gasteiger partial charge is 0.241 e. The summed E-state index contributed by atoms with van der Waals surface area (Å²) in [5.41, 5.74) is 6.64. The average molecular weight is 309 g/mol. The number of hydrogen-bond donors (Lipinski definition) is 3. The van der Waals surface area contributed by atoms with E-state index in [9.17, 15) is 13.2 Å². The number of benzene rings is 1. The van der Waals surface area contributed by atoms with E-state index in [0.29, 0.717) is 5.56 Å². The lowest BCUT2D eigenvalue weighted by molar-refractivity contribution is -0.118. The molecule has 0 aromatic heterocycles. The van der Waals surface area contributed by atoms with Gasteiger partial charge in [0.1, 0.15) is 0 Å². The molecule has 0 radical (unpaired) electrons. The highest BCUT2D eigenvalue weighted by atomic mass is 32.2. The lowest BCUT2D eigenvalue weighted by Gasteiger charge is -2.09. The fourth-order valence-electron chi connectivity index (χ4n) is 1.62. The van der Waals surface area contributed by atoms with Crippen LogP contribution in [0.3, 0.4) is 0 Å². The quantitative estimate of drug-likeness (QED) is 0.514. The average Bonchev–Trinajstić information content (AvgIpc) is 2.41. The van der Waals surface area contributed by atoms with Crippen LogP contribution in [0.2, 0.25) is 0 Å². The first-order valence-electron chi connectivity index (χ1n) is 6.40. The van der Waals surface area contributed by atoms with E-state index in [-0.39, 0.29) is 30.4 Å². The molecule has 1 amide bonds. The first kappa shape index (κ1) is 17.2. The topological polar surface area (TPSA) is 101 Å². The molecule has 0 heterocycles. The van der Waals surface area contributed by atoms with Crippen LogP contribution >= 0.6 is 0 Å². The molecular formula is C14H19N3O3S. The fraction of sp³-hybridized carbons (Fsp3) is 0.357. The highest BCUT2D eigenvalue weighted by Gasteiger charge is 2.17. The van der Waals surface area contributed by atoms with Crippen molar-refractivity contribution < 1.29 is 13.2 Å². The van der Waals surface area contributed by atoms with Crippen LogP contribution in [0.1, 0.15) is 18.1 Å². The number of sulfonamides is 1. The molecular weight excluding hydrogens is 290 g/mol. The molecule has 0 atom stereocenters. The lowest BCUT2D eigenvalue weighted by Crippen LogP contribution is -2.34. The summed E-state index contributed by atoms with van der Waals surface area (Å²) in [6.45, 7) is 3.72. The monoisotopic (exact) mass is 309 g/mol. The van der Waals surface area contributed by atoms with Crippen LogP contribution < -0.4 is 15.8 Å². The molecule has 4 N–H and O–H groups in total. The van der Waals surface area contributed by atoms with Gasteiger partial charge in [0.05, 0.1) is 11.4 Å². The van der Waals surface area contributed by atoms with Crippen LogP contribution in [0.4, 0.5) is 0 Å². The summed E-state index contributed by atoms with van der Waals surface area (Å²) in [6, 6.07) is 4.91. The Balaban J connectivity index is 2.94. The third kappa shape index (κ3) is 5.55. The van der Waals surface area contributed by atoms with Crippen LogP contribution in [0.15, 0.2) is 23.1 Å². The first-order chi connectivity index (χ1) is 9.86. The van der Waals surface area contributed by atoms with E-state index in [1.807, 2.05) is 6.92 Å². The Bertz CT molecular complexity index is 672. The van der Waals surface area contributed by atoms with E-state index >= 15 is 0 Å². The van der Waals surface area contributed by atoms with Gasteiger partial charge in [-0.3, -0.25) is 4.79 Å². The van der Waals surface area contributed by atoms with Crippen molar-refractivity contribution in [1.29, 1.82) is 0 Å². The normalized spacial score (nSPS) is 10.6. The number of nitrogens with two attached hydrogens (primary N) is 1. The van der Waals surface area contributed by atoms with Gasteiger partial charge in [0, 0.05) is 25.6 Å². The van der Waals surface area contributed by atoms with E-state index in [0.717, 1.165) is 5.56 Å². The summed E-state index contributed by atoms with van der Waals surface area (Å²) < 4.78 is 26.9. The van der Waals surface area contributed by atoms with Crippen molar-refractivity contribution in [3.63, 3.8) is 0 Å². The maximum atomic E-state index is 12.2. The molecule has 0 bridgehead atoms. The zero-order chi connectivity index (χ0) is 15.9. The maximum Gasteiger partial charge on any atom is 0.241 e. The molecule has 1 aromatic rings. The Morgan fingerprint density at radius 1 is 1.33 bits per heavy atom. The van der Waals surface area contributed by atoms with Gasteiger partial charge in [0.15, 0.2) is 0 Å². The summed E-state index contributed by atoms with van der Waals surface area (Å²) in [6.07, 6.45) is 0. The Hall–Kier alpha value is -1.88.